The summed E-state index contributed by atoms with van der Waals surface area (Å²) in [5, 5.41) is 0.550. The minimum Gasteiger partial charge on any atom is -0.294 e. The van der Waals surface area contributed by atoms with E-state index in [0.717, 1.165) is 0 Å². The Morgan fingerprint density at radius 3 is 2.77 bits per heavy atom. The highest BCUT2D eigenvalue weighted by atomic mass is 79.9. The summed E-state index contributed by atoms with van der Waals surface area (Å²) in [7, 11) is 0. The fourth-order valence-electron chi connectivity index (χ4n) is 0.951. The van der Waals surface area contributed by atoms with Gasteiger partial charge >= 0.3 is 0 Å². The number of hydrogen-bond acceptors (Lipinski definition) is 2. The molecule has 4 heteroatoms. The Hall–Kier alpha value is -0.350. The number of carbonyl (C=O) groups is 1. The molecule has 1 nitrogen and oxygen atoms in total. The van der Waals surface area contributed by atoms with E-state index in [1.54, 1.807) is 6.07 Å². The van der Waals surface area contributed by atoms with Gasteiger partial charge in [0.15, 0.2) is 5.78 Å². The molecule has 0 fully saturated rings. The van der Waals surface area contributed by atoms with Crippen LogP contribution in [0.4, 0.5) is 4.39 Å². The SMILES string of the molecule is O=C(CCBr)c1ccc(S)cc1F. The maximum atomic E-state index is 13.1. The minimum atomic E-state index is -0.501. The van der Waals surface area contributed by atoms with Crippen LogP contribution in [0.2, 0.25) is 0 Å². The standard InChI is InChI=1S/C9H8BrFOS/c10-4-3-9(12)7-2-1-6(13)5-8(7)11/h1-2,5,13H,3-4H2. The highest BCUT2D eigenvalue weighted by molar-refractivity contribution is 9.09. The monoisotopic (exact) mass is 262 g/mol. The molecule has 0 saturated carbocycles. The summed E-state index contributed by atoms with van der Waals surface area (Å²) in [6.07, 6.45) is 0.308. The molecule has 0 unspecified atom stereocenters. The van der Waals surface area contributed by atoms with Gasteiger partial charge in [0.05, 0.1) is 5.56 Å². The molecule has 1 aromatic carbocycles. The van der Waals surface area contributed by atoms with Gasteiger partial charge in [-0.2, -0.15) is 0 Å². The van der Waals surface area contributed by atoms with E-state index >= 15 is 0 Å². The van der Waals surface area contributed by atoms with Gasteiger partial charge in [-0.1, -0.05) is 15.9 Å². The number of halogens is 2. The molecule has 70 valence electrons. The van der Waals surface area contributed by atoms with E-state index < -0.39 is 5.82 Å². The highest BCUT2D eigenvalue weighted by Gasteiger charge is 2.10. The predicted molar refractivity (Wildman–Crippen MR) is 56.4 cm³/mol. The van der Waals surface area contributed by atoms with Crippen molar-refractivity contribution in [3.8, 4) is 0 Å². The molecule has 0 N–H and O–H groups in total. The quantitative estimate of drug-likeness (QED) is 0.504. The van der Waals surface area contributed by atoms with Crippen molar-refractivity contribution in [1.82, 2.24) is 0 Å². The van der Waals surface area contributed by atoms with Crippen LogP contribution in [-0.4, -0.2) is 11.1 Å². The first-order chi connectivity index (χ1) is 6.15. The molecule has 0 radical (unpaired) electrons. The van der Waals surface area contributed by atoms with Gasteiger partial charge in [0.1, 0.15) is 5.82 Å². The number of hydrogen-bond donors (Lipinski definition) is 1. The Labute approximate surface area is 89.9 Å². The lowest BCUT2D eigenvalue weighted by Crippen LogP contribution is -2.02. The summed E-state index contributed by atoms with van der Waals surface area (Å²) in [4.78, 5) is 11.8. The Balaban J connectivity index is 2.95. The van der Waals surface area contributed by atoms with Gasteiger partial charge in [0.25, 0.3) is 0 Å². The van der Waals surface area contributed by atoms with E-state index in [9.17, 15) is 9.18 Å². The highest BCUT2D eigenvalue weighted by Crippen LogP contribution is 2.15. The molecule has 1 rings (SSSR count). The van der Waals surface area contributed by atoms with Crippen molar-refractivity contribution < 1.29 is 9.18 Å². The number of carbonyl (C=O) groups excluding carboxylic acids is 1. The molecule has 0 heterocycles. The molecule has 0 saturated heterocycles. The van der Waals surface area contributed by atoms with Crippen molar-refractivity contribution in [2.45, 2.75) is 11.3 Å². The molecule has 0 atom stereocenters. The van der Waals surface area contributed by atoms with Crippen LogP contribution >= 0.6 is 28.6 Å². The van der Waals surface area contributed by atoms with Crippen LogP contribution < -0.4 is 0 Å². The van der Waals surface area contributed by atoms with E-state index in [1.807, 2.05) is 0 Å². The number of thiol groups is 1. The smallest absolute Gasteiger partial charge is 0.166 e. The number of ketones is 1. The zero-order valence-corrected chi connectivity index (χ0v) is 9.24. The lowest BCUT2D eigenvalue weighted by molar-refractivity contribution is 0.0986. The first-order valence-corrected chi connectivity index (χ1v) is 5.29. The summed E-state index contributed by atoms with van der Waals surface area (Å²) in [6.45, 7) is 0. The van der Waals surface area contributed by atoms with Crippen LogP contribution in [0.15, 0.2) is 23.1 Å². The molecule has 0 aliphatic carbocycles. The average molecular weight is 263 g/mol. The topological polar surface area (TPSA) is 17.1 Å². The van der Waals surface area contributed by atoms with Crippen LogP contribution in [0.5, 0.6) is 0 Å². The van der Waals surface area contributed by atoms with Gasteiger partial charge in [0, 0.05) is 16.6 Å². The largest absolute Gasteiger partial charge is 0.294 e. The number of Topliss-reactive ketones (excluding diaryl/α,β-unsaturated/α-hetero) is 1. The summed E-state index contributed by atoms with van der Waals surface area (Å²) in [5.74, 6) is -0.693. The van der Waals surface area contributed by atoms with Gasteiger partial charge in [0.2, 0.25) is 0 Å². The molecule has 13 heavy (non-hydrogen) atoms. The van der Waals surface area contributed by atoms with Crippen LogP contribution in [-0.2, 0) is 0 Å². The Kier molecular flexibility index (Phi) is 3.93. The van der Waals surface area contributed by atoms with Gasteiger partial charge in [-0.05, 0) is 18.2 Å². The first-order valence-electron chi connectivity index (χ1n) is 3.73. The fraction of sp³-hybridized carbons (Fsp3) is 0.222. The molecule has 0 aliphatic rings. The zero-order valence-electron chi connectivity index (χ0n) is 6.76. The first kappa shape index (κ1) is 10.7. The molecule has 1 aromatic rings. The second-order valence-corrected chi connectivity index (χ2v) is 3.84. The van der Waals surface area contributed by atoms with Crippen molar-refractivity contribution in [1.29, 1.82) is 0 Å². The second-order valence-electron chi connectivity index (χ2n) is 2.53. The molecule has 0 spiro atoms. The molecule has 0 aliphatic heterocycles. The number of rotatable bonds is 3. The predicted octanol–water partition coefficient (Wildman–Crippen LogP) is 3.08. The molecular weight excluding hydrogens is 255 g/mol. The van der Waals surface area contributed by atoms with E-state index in [2.05, 4.69) is 28.6 Å². The maximum Gasteiger partial charge on any atom is 0.166 e. The Morgan fingerprint density at radius 2 is 2.23 bits per heavy atom. The molecule has 0 amide bonds. The van der Waals surface area contributed by atoms with Gasteiger partial charge in [-0.15, -0.1) is 12.6 Å². The van der Waals surface area contributed by atoms with E-state index in [1.165, 1.54) is 12.1 Å². The maximum absolute atomic E-state index is 13.1. The van der Waals surface area contributed by atoms with Crippen LogP contribution in [0, 0.1) is 5.82 Å². The Bertz CT molecular complexity index is 327. The van der Waals surface area contributed by atoms with Crippen molar-refractivity contribution in [2.24, 2.45) is 0 Å². The van der Waals surface area contributed by atoms with Crippen molar-refractivity contribution >= 4 is 34.3 Å². The summed E-state index contributed by atoms with van der Waals surface area (Å²) in [5.41, 5.74) is 0.136. The van der Waals surface area contributed by atoms with Gasteiger partial charge < -0.3 is 0 Å². The van der Waals surface area contributed by atoms with Crippen molar-refractivity contribution in [3.63, 3.8) is 0 Å². The third kappa shape index (κ3) is 2.81. The van der Waals surface area contributed by atoms with Crippen molar-refractivity contribution in [3.05, 3.63) is 29.6 Å². The molecule has 0 aromatic heterocycles. The van der Waals surface area contributed by atoms with Crippen LogP contribution in [0.1, 0.15) is 16.8 Å². The van der Waals surface area contributed by atoms with Crippen LogP contribution in [0.3, 0.4) is 0 Å². The number of benzene rings is 1. The zero-order chi connectivity index (χ0) is 9.84. The fourth-order valence-corrected chi connectivity index (χ4v) is 1.50. The van der Waals surface area contributed by atoms with Crippen molar-refractivity contribution in [2.75, 3.05) is 5.33 Å². The van der Waals surface area contributed by atoms with Crippen LogP contribution in [0.25, 0.3) is 0 Å². The average Bonchev–Trinajstić information content (AvgIpc) is 2.04. The Morgan fingerprint density at radius 1 is 1.54 bits per heavy atom. The van der Waals surface area contributed by atoms with Gasteiger partial charge in [-0.3, -0.25) is 4.79 Å². The van der Waals surface area contributed by atoms with E-state index in [4.69, 9.17) is 0 Å². The van der Waals surface area contributed by atoms with E-state index in [0.29, 0.717) is 16.6 Å². The lowest BCUT2D eigenvalue weighted by Gasteiger charge is -2.00. The molecular formula is C9H8BrFOS. The lowest BCUT2D eigenvalue weighted by atomic mass is 10.1. The van der Waals surface area contributed by atoms with E-state index in [-0.39, 0.29) is 11.3 Å². The third-order valence-corrected chi connectivity index (χ3v) is 2.25. The number of alkyl halides is 1. The minimum absolute atomic E-state index is 0.136. The second kappa shape index (κ2) is 4.77. The summed E-state index contributed by atoms with van der Waals surface area (Å²) in [6, 6.07) is 4.31. The normalized spacial score (nSPS) is 10.1. The molecule has 0 bridgehead atoms. The summed E-state index contributed by atoms with van der Waals surface area (Å²) >= 11 is 7.09. The summed E-state index contributed by atoms with van der Waals surface area (Å²) < 4.78 is 13.1. The third-order valence-electron chi connectivity index (χ3n) is 1.57. The van der Waals surface area contributed by atoms with Gasteiger partial charge in [-0.25, -0.2) is 4.39 Å².